The van der Waals surface area contributed by atoms with E-state index in [2.05, 4.69) is 13.8 Å². The van der Waals surface area contributed by atoms with Crippen LogP contribution in [0.25, 0.3) is 0 Å². The Morgan fingerprint density at radius 1 is 1.11 bits per heavy atom. The van der Waals surface area contributed by atoms with Crippen molar-refractivity contribution >= 4 is 0 Å². The summed E-state index contributed by atoms with van der Waals surface area (Å²) in [6, 6.07) is 3.96. The second kappa shape index (κ2) is 5.70. The van der Waals surface area contributed by atoms with Crippen LogP contribution in [0.5, 0.6) is 17.2 Å². The minimum Gasteiger partial charge on any atom is -0.493 e. The average Bonchev–Trinajstić information content (AvgIpc) is 3.11. The molecule has 3 atom stereocenters. The highest BCUT2D eigenvalue weighted by molar-refractivity contribution is 5.56. The predicted octanol–water partition coefficient (Wildman–Crippen LogP) is 2.99. The van der Waals surface area contributed by atoms with E-state index in [1.165, 1.54) is 0 Å². The van der Waals surface area contributed by atoms with E-state index >= 15 is 0 Å². The summed E-state index contributed by atoms with van der Waals surface area (Å²) in [5, 5.41) is 0. The summed E-state index contributed by atoms with van der Waals surface area (Å²) in [4.78, 5) is 0. The van der Waals surface area contributed by atoms with Gasteiger partial charge < -0.3 is 18.9 Å². The van der Waals surface area contributed by atoms with E-state index in [4.69, 9.17) is 18.9 Å². The van der Waals surface area contributed by atoms with Crippen molar-refractivity contribution in [1.82, 2.24) is 0 Å². The second-order valence-electron chi connectivity index (χ2n) is 4.94. The lowest BCUT2D eigenvalue weighted by Crippen LogP contribution is -2.04. The molecule has 1 saturated heterocycles. The van der Waals surface area contributed by atoms with Crippen molar-refractivity contribution in [3.05, 3.63) is 17.7 Å². The summed E-state index contributed by atoms with van der Waals surface area (Å²) in [5.74, 6) is 2.44. The van der Waals surface area contributed by atoms with Crippen LogP contribution in [0.2, 0.25) is 0 Å². The van der Waals surface area contributed by atoms with Gasteiger partial charge in [-0.15, -0.1) is 0 Å². The molecule has 1 aromatic carbocycles. The minimum absolute atomic E-state index is 0.352. The number of methoxy groups -OCH3 is 3. The Balaban J connectivity index is 2.28. The maximum absolute atomic E-state index is 5.51. The van der Waals surface area contributed by atoms with Gasteiger partial charge in [-0.05, 0) is 25.3 Å². The molecule has 4 nitrogen and oxygen atoms in total. The van der Waals surface area contributed by atoms with E-state index < -0.39 is 0 Å². The number of rotatable bonds is 6. The molecule has 1 heterocycles. The minimum atomic E-state index is 0.352. The van der Waals surface area contributed by atoms with Crippen molar-refractivity contribution in [2.45, 2.75) is 38.4 Å². The van der Waals surface area contributed by atoms with Gasteiger partial charge in [0.2, 0.25) is 5.75 Å². The van der Waals surface area contributed by atoms with E-state index in [9.17, 15) is 0 Å². The highest BCUT2D eigenvalue weighted by atomic mass is 16.6. The van der Waals surface area contributed by atoms with Crippen LogP contribution in [0.3, 0.4) is 0 Å². The molecule has 0 aliphatic carbocycles. The first-order valence-corrected chi connectivity index (χ1v) is 6.56. The zero-order valence-corrected chi connectivity index (χ0v) is 12.2. The highest BCUT2D eigenvalue weighted by Gasteiger charge is 2.36. The van der Waals surface area contributed by atoms with Crippen molar-refractivity contribution in [1.29, 1.82) is 0 Å². The van der Waals surface area contributed by atoms with E-state index in [1.807, 2.05) is 12.1 Å². The third-order valence-corrected chi connectivity index (χ3v) is 3.69. The summed E-state index contributed by atoms with van der Waals surface area (Å²) in [7, 11) is 4.91. The first-order chi connectivity index (χ1) is 9.12. The average molecular weight is 266 g/mol. The molecular formula is C15H22O4. The molecule has 0 aromatic heterocycles. The van der Waals surface area contributed by atoms with Crippen molar-refractivity contribution in [2.24, 2.45) is 0 Å². The molecule has 1 aromatic rings. The number of ether oxygens (including phenoxy) is 4. The van der Waals surface area contributed by atoms with Gasteiger partial charge in [-0.3, -0.25) is 0 Å². The van der Waals surface area contributed by atoms with Gasteiger partial charge in [-0.2, -0.15) is 0 Å². The highest BCUT2D eigenvalue weighted by Crippen LogP contribution is 2.44. The fourth-order valence-corrected chi connectivity index (χ4v) is 2.47. The molecule has 0 bridgehead atoms. The van der Waals surface area contributed by atoms with Crippen LogP contribution in [-0.2, 0) is 4.74 Å². The zero-order chi connectivity index (χ0) is 14.0. The number of epoxide rings is 1. The molecule has 0 spiro atoms. The third-order valence-electron chi connectivity index (χ3n) is 3.69. The van der Waals surface area contributed by atoms with E-state index in [1.54, 1.807) is 21.3 Å². The van der Waals surface area contributed by atoms with Gasteiger partial charge in [0.05, 0.1) is 33.5 Å². The van der Waals surface area contributed by atoms with Gasteiger partial charge in [0, 0.05) is 5.56 Å². The summed E-state index contributed by atoms with van der Waals surface area (Å²) < 4.78 is 21.7. The number of benzene rings is 1. The monoisotopic (exact) mass is 266 g/mol. The van der Waals surface area contributed by atoms with Crippen LogP contribution in [0.1, 0.15) is 31.7 Å². The van der Waals surface area contributed by atoms with Gasteiger partial charge in [-0.25, -0.2) is 0 Å². The Kier molecular flexibility index (Phi) is 4.20. The van der Waals surface area contributed by atoms with Crippen LogP contribution in [0.4, 0.5) is 0 Å². The lowest BCUT2D eigenvalue weighted by atomic mass is 9.94. The first kappa shape index (κ1) is 14.0. The molecule has 1 aliphatic heterocycles. The Hall–Kier alpha value is -1.42. The largest absolute Gasteiger partial charge is 0.493 e. The standard InChI is InChI=1S/C15H22O4/c1-9(8-13-10(2)19-13)11-6-7-12(16-3)15(18-5)14(11)17-4/h6-7,9-10,13H,8H2,1-5H3. The van der Waals surface area contributed by atoms with Crippen molar-refractivity contribution in [3.8, 4) is 17.2 Å². The molecule has 0 radical (unpaired) electrons. The summed E-state index contributed by atoms with van der Waals surface area (Å²) in [6.45, 7) is 4.28. The van der Waals surface area contributed by atoms with E-state index in [0.29, 0.717) is 29.6 Å². The lowest BCUT2D eigenvalue weighted by molar-refractivity contribution is 0.319. The Morgan fingerprint density at radius 3 is 2.21 bits per heavy atom. The summed E-state index contributed by atoms with van der Waals surface area (Å²) in [5.41, 5.74) is 1.13. The molecular weight excluding hydrogens is 244 g/mol. The SMILES string of the molecule is COc1ccc(C(C)CC2OC2C)c(OC)c1OC. The van der Waals surface area contributed by atoms with Crippen LogP contribution in [0.15, 0.2) is 12.1 Å². The molecule has 0 saturated carbocycles. The second-order valence-corrected chi connectivity index (χ2v) is 4.94. The molecule has 19 heavy (non-hydrogen) atoms. The molecule has 2 rings (SSSR count). The molecule has 0 amide bonds. The number of hydrogen-bond donors (Lipinski definition) is 0. The third kappa shape index (κ3) is 2.78. The van der Waals surface area contributed by atoms with E-state index in [0.717, 1.165) is 17.7 Å². The molecule has 106 valence electrons. The Bertz CT molecular complexity index is 444. The van der Waals surface area contributed by atoms with Gasteiger partial charge >= 0.3 is 0 Å². The quantitative estimate of drug-likeness (QED) is 0.742. The van der Waals surface area contributed by atoms with E-state index in [-0.39, 0.29) is 0 Å². The maximum atomic E-state index is 5.51. The molecule has 1 aliphatic rings. The van der Waals surface area contributed by atoms with Crippen LogP contribution in [-0.4, -0.2) is 33.5 Å². The van der Waals surface area contributed by atoms with Crippen LogP contribution < -0.4 is 14.2 Å². The summed E-state index contributed by atoms with van der Waals surface area (Å²) >= 11 is 0. The molecule has 0 N–H and O–H groups in total. The van der Waals surface area contributed by atoms with Crippen LogP contribution >= 0.6 is 0 Å². The fourth-order valence-electron chi connectivity index (χ4n) is 2.47. The zero-order valence-electron chi connectivity index (χ0n) is 12.2. The van der Waals surface area contributed by atoms with Gasteiger partial charge in [0.15, 0.2) is 11.5 Å². The molecule has 3 unspecified atom stereocenters. The normalized spacial score (nSPS) is 22.8. The topological polar surface area (TPSA) is 40.2 Å². The van der Waals surface area contributed by atoms with Crippen molar-refractivity contribution in [2.75, 3.05) is 21.3 Å². The van der Waals surface area contributed by atoms with Crippen molar-refractivity contribution < 1.29 is 18.9 Å². The predicted molar refractivity (Wildman–Crippen MR) is 73.5 cm³/mol. The smallest absolute Gasteiger partial charge is 0.203 e. The Morgan fingerprint density at radius 2 is 1.74 bits per heavy atom. The maximum Gasteiger partial charge on any atom is 0.203 e. The molecule has 1 fully saturated rings. The van der Waals surface area contributed by atoms with Crippen LogP contribution in [0, 0.1) is 0 Å². The fraction of sp³-hybridized carbons (Fsp3) is 0.600. The Labute approximate surface area is 114 Å². The number of hydrogen-bond acceptors (Lipinski definition) is 4. The lowest BCUT2D eigenvalue weighted by Gasteiger charge is -2.19. The molecule has 4 heteroatoms. The van der Waals surface area contributed by atoms with Crippen molar-refractivity contribution in [3.63, 3.8) is 0 Å². The van der Waals surface area contributed by atoms with Gasteiger partial charge in [-0.1, -0.05) is 13.0 Å². The first-order valence-electron chi connectivity index (χ1n) is 6.56. The van der Waals surface area contributed by atoms with Gasteiger partial charge in [0.1, 0.15) is 0 Å². The van der Waals surface area contributed by atoms with Gasteiger partial charge in [0.25, 0.3) is 0 Å². The summed E-state index contributed by atoms with van der Waals surface area (Å²) in [6.07, 6.45) is 1.74.